The Morgan fingerprint density at radius 2 is 0.812 bits per heavy atom. The Hall–Kier alpha value is -2.64. The molecule has 496 valence electrons. The smallest absolute Gasteiger partial charge is 0.306 e. The van der Waals surface area contributed by atoms with Crippen LogP contribution in [0.3, 0.4) is 0 Å². The van der Waals surface area contributed by atoms with E-state index in [0.29, 0.717) is 12.8 Å². The Bertz CT molecular complexity index is 1620. The number of aliphatic hydroxyl groups is 5. The molecular formula is C74H135NO10. The third-order valence-electron chi connectivity index (χ3n) is 16.9. The number of carbonyl (C=O) groups is 2. The van der Waals surface area contributed by atoms with Crippen molar-refractivity contribution in [1.29, 1.82) is 0 Å². The molecule has 0 aliphatic carbocycles. The number of unbranched alkanes of at least 4 members (excludes halogenated alkanes) is 40. The molecule has 8 atom stereocenters. The molecule has 1 rings (SSSR count). The van der Waals surface area contributed by atoms with E-state index in [2.05, 4.69) is 74.7 Å². The zero-order valence-electron chi connectivity index (χ0n) is 55.2. The first-order valence-corrected chi connectivity index (χ1v) is 36.1. The molecule has 1 aliphatic heterocycles. The van der Waals surface area contributed by atoms with Crippen molar-refractivity contribution in [3.63, 3.8) is 0 Å². The maximum atomic E-state index is 13.5. The van der Waals surface area contributed by atoms with Crippen LogP contribution in [-0.2, 0) is 23.8 Å². The standard InChI is InChI=1S/C74H135NO10/c1-4-7-10-13-16-19-22-24-26-28-30-31-32-33-34-35-36-37-38-40-42-44-47-50-53-56-59-62-69(79)85-72-71(81)70(80)68(63-76)84-74(72)83-64-65(66(77)60-57-54-51-48-45-21-18-15-12-9-6-3)75-73(82)67(78)61-58-55-52-49-46-43-41-39-29-27-25-23-20-17-14-11-8-5-2/h17,20,24-27,39,41,57,60,65-68,70-72,74,76-78,80-81H,4-16,18-19,21-23,28-38,40,42-56,58-59,61-64H2,1-3H3,(H,75,82)/b20-17-,26-24+,27-25-,41-39-,60-57+. The van der Waals surface area contributed by atoms with Crippen LogP contribution in [0.25, 0.3) is 0 Å². The lowest BCUT2D eigenvalue weighted by Gasteiger charge is -2.41. The van der Waals surface area contributed by atoms with E-state index >= 15 is 0 Å². The van der Waals surface area contributed by atoms with Crippen molar-refractivity contribution in [1.82, 2.24) is 5.32 Å². The molecule has 1 fully saturated rings. The fraction of sp³-hybridized carbons (Fsp3) is 0.838. The lowest BCUT2D eigenvalue weighted by Crippen LogP contribution is -2.61. The zero-order valence-corrected chi connectivity index (χ0v) is 55.2. The molecule has 1 aliphatic rings. The number of aliphatic hydroxyl groups excluding tert-OH is 5. The number of allylic oxidation sites excluding steroid dienone is 9. The number of esters is 1. The summed E-state index contributed by atoms with van der Waals surface area (Å²) in [6.45, 7) is 5.78. The van der Waals surface area contributed by atoms with Crippen molar-refractivity contribution in [2.75, 3.05) is 13.2 Å². The number of rotatable bonds is 62. The highest BCUT2D eigenvalue weighted by atomic mass is 16.7. The van der Waals surface area contributed by atoms with Crippen LogP contribution in [0.15, 0.2) is 60.8 Å². The highest BCUT2D eigenvalue weighted by Gasteiger charge is 2.47. The molecular weight excluding hydrogens is 1060 g/mol. The van der Waals surface area contributed by atoms with E-state index in [1.165, 1.54) is 205 Å². The molecule has 0 aromatic rings. The van der Waals surface area contributed by atoms with Crippen LogP contribution in [0.4, 0.5) is 0 Å². The van der Waals surface area contributed by atoms with Gasteiger partial charge >= 0.3 is 5.97 Å². The number of hydrogen-bond donors (Lipinski definition) is 6. The second-order valence-corrected chi connectivity index (χ2v) is 25.0. The molecule has 0 spiro atoms. The van der Waals surface area contributed by atoms with Gasteiger partial charge in [0.25, 0.3) is 0 Å². The van der Waals surface area contributed by atoms with Gasteiger partial charge in [-0.25, -0.2) is 0 Å². The van der Waals surface area contributed by atoms with Gasteiger partial charge in [0.1, 0.15) is 24.4 Å². The first-order valence-electron chi connectivity index (χ1n) is 36.1. The van der Waals surface area contributed by atoms with Crippen LogP contribution in [0.5, 0.6) is 0 Å². The van der Waals surface area contributed by atoms with Crippen LogP contribution in [0, 0.1) is 0 Å². The third kappa shape index (κ3) is 48.9. The quantitative estimate of drug-likeness (QED) is 0.0195. The summed E-state index contributed by atoms with van der Waals surface area (Å²) in [7, 11) is 0. The summed E-state index contributed by atoms with van der Waals surface area (Å²) in [5.74, 6) is -1.20. The van der Waals surface area contributed by atoms with Gasteiger partial charge in [-0.05, 0) is 89.9 Å². The summed E-state index contributed by atoms with van der Waals surface area (Å²) in [4.78, 5) is 26.7. The normalized spacial score (nSPS) is 18.7. The van der Waals surface area contributed by atoms with Crippen LogP contribution in [0.1, 0.15) is 335 Å². The average molecular weight is 1200 g/mol. The lowest BCUT2D eigenvalue weighted by molar-refractivity contribution is -0.305. The van der Waals surface area contributed by atoms with Gasteiger partial charge in [-0.2, -0.15) is 0 Å². The van der Waals surface area contributed by atoms with Crippen molar-refractivity contribution in [3.05, 3.63) is 60.8 Å². The van der Waals surface area contributed by atoms with Crippen molar-refractivity contribution >= 4 is 11.9 Å². The number of amides is 1. The van der Waals surface area contributed by atoms with Crippen LogP contribution < -0.4 is 5.32 Å². The number of ether oxygens (including phenoxy) is 3. The van der Waals surface area contributed by atoms with E-state index in [1.807, 2.05) is 6.08 Å². The van der Waals surface area contributed by atoms with E-state index in [-0.39, 0.29) is 19.4 Å². The highest BCUT2D eigenvalue weighted by Crippen LogP contribution is 2.26. The van der Waals surface area contributed by atoms with E-state index in [9.17, 15) is 35.1 Å². The molecule has 8 unspecified atom stereocenters. The molecule has 0 saturated carbocycles. The largest absolute Gasteiger partial charge is 0.454 e. The molecule has 11 nitrogen and oxygen atoms in total. The highest BCUT2D eigenvalue weighted by molar-refractivity contribution is 5.80. The lowest BCUT2D eigenvalue weighted by atomic mass is 9.99. The summed E-state index contributed by atoms with van der Waals surface area (Å²) in [6, 6.07) is -1.03. The molecule has 6 N–H and O–H groups in total. The molecule has 0 aromatic carbocycles. The first-order chi connectivity index (χ1) is 41.7. The van der Waals surface area contributed by atoms with E-state index in [1.54, 1.807) is 6.08 Å². The second kappa shape index (κ2) is 61.6. The summed E-state index contributed by atoms with van der Waals surface area (Å²) in [5, 5.41) is 57.2. The van der Waals surface area contributed by atoms with Gasteiger partial charge in [-0.3, -0.25) is 9.59 Å². The molecule has 1 amide bonds. The van der Waals surface area contributed by atoms with Gasteiger partial charge in [0.2, 0.25) is 5.91 Å². The third-order valence-corrected chi connectivity index (χ3v) is 16.9. The Labute approximate surface area is 522 Å². The maximum absolute atomic E-state index is 13.5. The zero-order chi connectivity index (χ0) is 61.7. The predicted octanol–water partition coefficient (Wildman–Crippen LogP) is 18.5. The Morgan fingerprint density at radius 3 is 1.25 bits per heavy atom. The Balaban J connectivity index is 2.52. The number of hydrogen-bond acceptors (Lipinski definition) is 10. The van der Waals surface area contributed by atoms with Crippen molar-refractivity contribution in [3.8, 4) is 0 Å². The van der Waals surface area contributed by atoms with E-state index in [4.69, 9.17) is 14.2 Å². The van der Waals surface area contributed by atoms with Gasteiger partial charge in [0.15, 0.2) is 12.4 Å². The minimum absolute atomic E-state index is 0.124. The van der Waals surface area contributed by atoms with Gasteiger partial charge in [0.05, 0.1) is 25.4 Å². The fourth-order valence-corrected chi connectivity index (χ4v) is 11.2. The predicted molar refractivity (Wildman–Crippen MR) is 356 cm³/mol. The second-order valence-electron chi connectivity index (χ2n) is 25.0. The molecule has 1 heterocycles. The molecule has 1 saturated heterocycles. The Kier molecular flexibility index (Phi) is 58.2. The van der Waals surface area contributed by atoms with Gasteiger partial charge < -0.3 is 45.1 Å². The van der Waals surface area contributed by atoms with E-state index < -0.39 is 67.4 Å². The summed E-state index contributed by atoms with van der Waals surface area (Å²) in [6.07, 6.45) is 68.4. The van der Waals surface area contributed by atoms with Crippen LogP contribution in [-0.4, -0.2) is 99.6 Å². The minimum atomic E-state index is -1.62. The molecule has 11 heteroatoms. The molecule has 85 heavy (non-hydrogen) atoms. The van der Waals surface area contributed by atoms with E-state index in [0.717, 1.165) is 83.5 Å². The van der Waals surface area contributed by atoms with Crippen LogP contribution >= 0.6 is 0 Å². The van der Waals surface area contributed by atoms with Crippen molar-refractivity contribution < 1.29 is 49.3 Å². The summed E-state index contributed by atoms with van der Waals surface area (Å²) < 4.78 is 17.7. The molecule has 0 bridgehead atoms. The SMILES string of the molecule is CCCCC/C=C\C/C=C\C/C=C\CCCCCCCC(O)C(=O)NC(COC1OC(CO)C(O)C(O)C1OC(=O)CCCCCCCCCCCCCCCCCCC/C=C/CCCCCCCC)C(O)/C=C/CCCCCCCCCCC. The van der Waals surface area contributed by atoms with Gasteiger partial charge in [-0.1, -0.05) is 300 Å². The minimum Gasteiger partial charge on any atom is -0.454 e. The van der Waals surface area contributed by atoms with Crippen LogP contribution in [0.2, 0.25) is 0 Å². The average Bonchev–Trinajstić information content (AvgIpc) is 3.51. The van der Waals surface area contributed by atoms with Gasteiger partial charge in [0, 0.05) is 6.42 Å². The fourth-order valence-electron chi connectivity index (χ4n) is 11.2. The molecule has 0 radical (unpaired) electrons. The Morgan fingerprint density at radius 1 is 0.459 bits per heavy atom. The van der Waals surface area contributed by atoms with Crippen molar-refractivity contribution in [2.45, 2.75) is 384 Å². The summed E-state index contributed by atoms with van der Waals surface area (Å²) in [5.41, 5.74) is 0. The summed E-state index contributed by atoms with van der Waals surface area (Å²) >= 11 is 0. The van der Waals surface area contributed by atoms with Crippen molar-refractivity contribution in [2.24, 2.45) is 0 Å². The number of nitrogens with one attached hydrogen (secondary N) is 1. The van der Waals surface area contributed by atoms with Gasteiger partial charge in [-0.15, -0.1) is 0 Å². The molecule has 0 aromatic heterocycles. The first kappa shape index (κ1) is 80.4. The monoisotopic (exact) mass is 1200 g/mol. The number of carbonyl (C=O) groups excluding carboxylic acids is 2. The maximum Gasteiger partial charge on any atom is 0.306 e. The topological polar surface area (TPSA) is 175 Å².